The van der Waals surface area contributed by atoms with E-state index in [4.69, 9.17) is 9.47 Å². The number of nitrogens with zero attached hydrogens (tertiary/aromatic N) is 2. The lowest BCUT2D eigenvalue weighted by Gasteiger charge is -2.50. The molecule has 0 spiro atoms. The minimum atomic E-state index is 0.105. The third kappa shape index (κ3) is 6.08. The van der Waals surface area contributed by atoms with Gasteiger partial charge in [-0.1, -0.05) is 43.3 Å². The van der Waals surface area contributed by atoms with Crippen molar-refractivity contribution in [1.29, 1.82) is 0 Å². The number of carbonyl (C=O) groups excluding carboxylic acids is 1. The molecule has 33 heavy (non-hydrogen) atoms. The number of ether oxygens (including phenoxy) is 2. The predicted molar refractivity (Wildman–Crippen MR) is 134 cm³/mol. The first kappa shape index (κ1) is 25.1. The normalized spacial score (nSPS) is 23.2. The van der Waals surface area contributed by atoms with Crippen molar-refractivity contribution in [3.05, 3.63) is 59.7 Å². The van der Waals surface area contributed by atoms with Gasteiger partial charge in [0.25, 0.3) is 0 Å². The Kier molecular flexibility index (Phi) is 8.41. The number of likely N-dealkylation sites (tertiary alicyclic amines) is 1. The SMILES string of the molecule is COc1ccc(CN(CC[C@]2(Cc3ccccc3)C[C@H](C)N(C)C[C@H]2C)C(C)=O)cc1OC. The second-order valence-corrected chi connectivity index (χ2v) is 9.80. The molecule has 3 rings (SSSR count). The molecule has 1 amide bonds. The quantitative estimate of drug-likeness (QED) is 0.535. The molecule has 0 aromatic heterocycles. The summed E-state index contributed by atoms with van der Waals surface area (Å²) >= 11 is 0. The van der Waals surface area contributed by atoms with Gasteiger partial charge in [-0.15, -0.1) is 0 Å². The zero-order valence-electron chi connectivity index (χ0n) is 21.1. The van der Waals surface area contributed by atoms with Crippen molar-refractivity contribution in [2.24, 2.45) is 11.3 Å². The highest BCUT2D eigenvalue weighted by Gasteiger charge is 2.42. The molecule has 1 saturated heterocycles. The van der Waals surface area contributed by atoms with Crippen LogP contribution in [0.2, 0.25) is 0 Å². The summed E-state index contributed by atoms with van der Waals surface area (Å²) in [7, 11) is 5.50. The van der Waals surface area contributed by atoms with E-state index >= 15 is 0 Å². The Morgan fingerprint density at radius 3 is 2.39 bits per heavy atom. The average Bonchev–Trinajstić information content (AvgIpc) is 2.80. The predicted octanol–water partition coefficient (Wildman–Crippen LogP) is 5.03. The number of hydrogen-bond donors (Lipinski definition) is 0. The number of amides is 1. The van der Waals surface area contributed by atoms with Gasteiger partial charge in [0.15, 0.2) is 11.5 Å². The van der Waals surface area contributed by atoms with Crippen LogP contribution in [0.4, 0.5) is 0 Å². The summed E-state index contributed by atoms with van der Waals surface area (Å²) in [6, 6.07) is 17.2. The fourth-order valence-electron chi connectivity index (χ4n) is 5.34. The number of carbonyl (C=O) groups is 1. The van der Waals surface area contributed by atoms with Gasteiger partial charge < -0.3 is 19.3 Å². The summed E-state index contributed by atoms with van der Waals surface area (Å²) < 4.78 is 10.8. The Labute approximate surface area is 199 Å². The molecule has 5 heteroatoms. The van der Waals surface area contributed by atoms with E-state index in [9.17, 15) is 4.79 Å². The minimum Gasteiger partial charge on any atom is -0.493 e. The van der Waals surface area contributed by atoms with Crippen LogP contribution in [-0.4, -0.2) is 56.1 Å². The molecule has 0 radical (unpaired) electrons. The molecule has 0 saturated carbocycles. The smallest absolute Gasteiger partial charge is 0.219 e. The van der Waals surface area contributed by atoms with E-state index in [1.165, 1.54) is 5.56 Å². The Morgan fingerprint density at radius 1 is 1.06 bits per heavy atom. The highest BCUT2D eigenvalue weighted by atomic mass is 16.5. The van der Waals surface area contributed by atoms with E-state index < -0.39 is 0 Å². The van der Waals surface area contributed by atoms with Gasteiger partial charge in [-0.2, -0.15) is 0 Å². The first-order chi connectivity index (χ1) is 15.8. The van der Waals surface area contributed by atoms with Gasteiger partial charge in [-0.3, -0.25) is 4.79 Å². The maximum Gasteiger partial charge on any atom is 0.219 e. The Hall–Kier alpha value is -2.53. The van der Waals surface area contributed by atoms with Gasteiger partial charge in [-0.05, 0) is 67.8 Å². The van der Waals surface area contributed by atoms with Crippen LogP contribution in [0.5, 0.6) is 11.5 Å². The second kappa shape index (κ2) is 11.1. The zero-order valence-corrected chi connectivity index (χ0v) is 21.1. The van der Waals surface area contributed by atoms with E-state index in [1.54, 1.807) is 21.1 Å². The summed E-state index contributed by atoms with van der Waals surface area (Å²) in [5.74, 6) is 2.05. The molecule has 0 aliphatic carbocycles. The largest absolute Gasteiger partial charge is 0.493 e. The lowest BCUT2D eigenvalue weighted by atomic mass is 9.63. The van der Waals surface area contributed by atoms with E-state index in [-0.39, 0.29) is 11.3 Å². The van der Waals surface area contributed by atoms with Crippen LogP contribution in [0.25, 0.3) is 0 Å². The molecule has 0 N–H and O–H groups in total. The van der Waals surface area contributed by atoms with Crippen LogP contribution >= 0.6 is 0 Å². The fraction of sp³-hybridized carbons (Fsp3) is 0.536. The third-order valence-electron chi connectivity index (χ3n) is 7.61. The van der Waals surface area contributed by atoms with E-state index in [1.807, 2.05) is 23.1 Å². The molecule has 2 aromatic carbocycles. The van der Waals surface area contributed by atoms with Crippen LogP contribution < -0.4 is 9.47 Å². The first-order valence-corrected chi connectivity index (χ1v) is 12.0. The van der Waals surface area contributed by atoms with Crippen LogP contribution in [0.3, 0.4) is 0 Å². The minimum absolute atomic E-state index is 0.105. The van der Waals surface area contributed by atoms with Crippen molar-refractivity contribution in [2.45, 2.75) is 52.6 Å². The number of hydrogen-bond acceptors (Lipinski definition) is 4. The number of piperidine rings is 1. The zero-order chi connectivity index (χ0) is 24.0. The molecular formula is C28H40N2O3. The topological polar surface area (TPSA) is 42.0 Å². The summed E-state index contributed by atoms with van der Waals surface area (Å²) in [6.45, 7) is 8.79. The fourth-order valence-corrected chi connectivity index (χ4v) is 5.34. The third-order valence-corrected chi connectivity index (χ3v) is 7.61. The maximum absolute atomic E-state index is 12.6. The van der Waals surface area contributed by atoms with Gasteiger partial charge >= 0.3 is 0 Å². The standard InChI is InChI=1S/C28H40N2O3/c1-21-19-29(4)22(2)17-28(21,18-24-10-8-7-9-11-24)14-15-30(23(3)31)20-25-12-13-26(32-5)27(16-25)33-6/h7-13,16,21-22H,14-15,17-20H2,1-6H3/t21-,22+,28-/m1/s1. The van der Waals surface area contributed by atoms with E-state index in [0.717, 1.165) is 37.9 Å². The highest BCUT2D eigenvalue weighted by molar-refractivity contribution is 5.73. The van der Waals surface area contributed by atoms with Crippen LogP contribution in [0, 0.1) is 11.3 Å². The lowest BCUT2D eigenvalue weighted by Crippen LogP contribution is -2.51. The van der Waals surface area contributed by atoms with Crippen molar-refractivity contribution in [3.63, 3.8) is 0 Å². The van der Waals surface area contributed by atoms with Crippen LogP contribution in [0.15, 0.2) is 48.5 Å². The maximum atomic E-state index is 12.6. The molecule has 180 valence electrons. The number of methoxy groups -OCH3 is 2. The molecule has 0 unspecified atom stereocenters. The van der Waals surface area contributed by atoms with Gasteiger partial charge in [0, 0.05) is 32.6 Å². The second-order valence-electron chi connectivity index (χ2n) is 9.80. The molecule has 1 aliphatic rings. The molecular weight excluding hydrogens is 412 g/mol. The molecule has 1 aliphatic heterocycles. The summed E-state index contributed by atoms with van der Waals surface area (Å²) in [5.41, 5.74) is 2.60. The first-order valence-electron chi connectivity index (χ1n) is 12.0. The Morgan fingerprint density at radius 2 is 1.76 bits per heavy atom. The van der Waals surface area contributed by atoms with Crippen molar-refractivity contribution < 1.29 is 14.3 Å². The summed E-state index contributed by atoms with van der Waals surface area (Å²) in [6.07, 6.45) is 3.19. The monoisotopic (exact) mass is 452 g/mol. The summed E-state index contributed by atoms with van der Waals surface area (Å²) in [4.78, 5) is 17.1. The molecule has 1 fully saturated rings. The molecule has 5 nitrogen and oxygen atoms in total. The van der Waals surface area contributed by atoms with Crippen molar-refractivity contribution in [3.8, 4) is 11.5 Å². The molecule has 3 atom stereocenters. The lowest BCUT2D eigenvalue weighted by molar-refractivity contribution is -0.130. The van der Waals surface area contributed by atoms with Gasteiger partial charge in [0.1, 0.15) is 0 Å². The summed E-state index contributed by atoms with van der Waals surface area (Å²) in [5, 5.41) is 0. The Balaban J connectivity index is 1.80. The van der Waals surface area contributed by atoms with E-state index in [2.05, 4.69) is 56.1 Å². The van der Waals surface area contributed by atoms with Crippen molar-refractivity contribution >= 4 is 5.91 Å². The molecule has 1 heterocycles. The van der Waals surface area contributed by atoms with Crippen LogP contribution in [-0.2, 0) is 17.8 Å². The van der Waals surface area contributed by atoms with Gasteiger partial charge in [0.2, 0.25) is 5.91 Å². The molecule has 2 aromatic rings. The number of benzene rings is 2. The van der Waals surface area contributed by atoms with Crippen LogP contribution in [0.1, 0.15) is 44.7 Å². The van der Waals surface area contributed by atoms with Gasteiger partial charge in [-0.25, -0.2) is 0 Å². The van der Waals surface area contributed by atoms with Crippen molar-refractivity contribution in [1.82, 2.24) is 9.80 Å². The number of rotatable bonds is 9. The highest BCUT2D eigenvalue weighted by Crippen LogP contribution is 2.44. The molecule has 0 bridgehead atoms. The van der Waals surface area contributed by atoms with Gasteiger partial charge in [0.05, 0.1) is 14.2 Å². The van der Waals surface area contributed by atoms with E-state index in [0.29, 0.717) is 30.0 Å². The average molecular weight is 453 g/mol. The van der Waals surface area contributed by atoms with Crippen molar-refractivity contribution in [2.75, 3.05) is 34.4 Å². The Bertz CT molecular complexity index is 917.